The Bertz CT molecular complexity index is 534. The van der Waals surface area contributed by atoms with Crippen molar-refractivity contribution in [2.75, 3.05) is 6.54 Å². The number of aromatic carboxylic acids is 1. The number of azide groups is 1. The summed E-state index contributed by atoms with van der Waals surface area (Å²) >= 11 is 0. The summed E-state index contributed by atoms with van der Waals surface area (Å²) in [7, 11) is 0. The molecule has 0 spiro atoms. The maximum atomic E-state index is 10.9. The molecule has 5 nitrogen and oxygen atoms in total. The van der Waals surface area contributed by atoms with Crippen molar-refractivity contribution in [3.05, 3.63) is 45.3 Å². The summed E-state index contributed by atoms with van der Waals surface area (Å²) in [5.41, 5.74) is 9.66. The minimum Gasteiger partial charge on any atom is -0.478 e. The largest absolute Gasteiger partial charge is 0.478 e. The molecule has 0 aliphatic rings. The van der Waals surface area contributed by atoms with Gasteiger partial charge in [0.05, 0.1) is 5.56 Å². The number of carboxylic acid groups (broad SMARTS) is 1. The smallest absolute Gasteiger partial charge is 0.335 e. The topological polar surface area (TPSA) is 86.1 Å². The normalized spacial score (nSPS) is 8.76. The van der Waals surface area contributed by atoms with E-state index < -0.39 is 5.97 Å². The molecule has 1 rings (SSSR count). The lowest BCUT2D eigenvalue weighted by Crippen LogP contribution is -2.00. The molecule has 0 atom stereocenters. The van der Waals surface area contributed by atoms with Crippen LogP contribution in [0.5, 0.6) is 0 Å². The van der Waals surface area contributed by atoms with E-state index in [0.29, 0.717) is 24.1 Å². The maximum Gasteiger partial charge on any atom is 0.335 e. The number of nitrogens with zero attached hydrogens (tertiary/aromatic N) is 3. The zero-order valence-electron chi connectivity index (χ0n) is 9.34. The van der Waals surface area contributed by atoms with Gasteiger partial charge >= 0.3 is 5.97 Å². The van der Waals surface area contributed by atoms with Gasteiger partial charge in [-0.25, -0.2) is 4.79 Å². The average molecular weight is 229 g/mol. The molecule has 5 heteroatoms. The van der Waals surface area contributed by atoms with Crippen LogP contribution in [0.3, 0.4) is 0 Å². The molecule has 0 amide bonds. The van der Waals surface area contributed by atoms with E-state index in [0.717, 1.165) is 0 Å². The summed E-state index contributed by atoms with van der Waals surface area (Å²) in [4.78, 5) is 13.5. The van der Waals surface area contributed by atoms with Crippen LogP contribution in [-0.4, -0.2) is 17.6 Å². The Morgan fingerprint density at radius 2 is 2.35 bits per heavy atom. The second kappa shape index (κ2) is 6.21. The highest BCUT2D eigenvalue weighted by Gasteiger charge is 2.07. The van der Waals surface area contributed by atoms with Gasteiger partial charge in [0.1, 0.15) is 0 Å². The van der Waals surface area contributed by atoms with Crippen molar-refractivity contribution >= 4 is 5.97 Å². The van der Waals surface area contributed by atoms with E-state index in [4.69, 9.17) is 10.6 Å². The number of carbonyl (C=O) groups is 1. The van der Waals surface area contributed by atoms with Gasteiger partial charge in [-0.2, -0.15) is 0 Å². The Hall–Kier alpha value is -2.44. The molecule has 0 heterocycles. The molecule has 0 aromatic heterocycles. The van der Waals surface area contributed by atoms with Gasteiger partial charge in [-0.05, 0) is 30.2 Å². The van der Waals surface area contributed by atoms with Crippen molar-refractivity contribution in [1.82, 2.24) is 0 Å². The lowest BCUT2D eigenvalue weighted by Gasteiger charge is -2.02. The van der Waals surface area contributed by atoms with Gasteiger partial charge in [0.2, 0.25) is 0 Å². The standard InChI is InChI=1S/C12H11N3O2/c1-9-10(5-2-3-8-14-15-13)6-4-7-11(9)12(16)17/h4,6-7H,3,8H2,1H3,(H,16,17). The number of carboxylic acids is 1. The van der Waals surface area contributed by atoms with Crippen molar-refractivity contribution in [3.63, 3.8) is 0 Å². The van der Waals surface area contributed by atoms with Gasteiger partial charge in [0.15, 0.2) is 0 Å². The zero-order valence-corrected chi connectivity index (χ0v) is 9.34. The van der Waals surface area contributed by atoms with Crippen molar-refractivity contribution in [2.24, 2.45) is 5.11 Å². The number of hydrogen-bond donors (Lipinski definition) is 1. The third kappa shape index (κ3) is 3.56. The predicted molar refractivity (Wildman–Crippen MR) is 63.6 cm³/mol. The summed E-state index contributed by atoms with van der Waals surface area (Å²) in [5.74, 6) is 4.75. The second-order valence-corrected chi connectivity index (χ2v) is 3.29. The van der Waals surface area contributed by atoms with Crippen LogP contribution in [0, 0.1) is 18.8 Å². The number of benzene rings is 1. The monoisotopic (exact) mass is 229 g/mol. The molecule has 17 heavy (non-hydrogen) atoms. The molecule has 0 unspecified atom stereocenters. The SMILES string of the molecule is Cc1c(C#CCCN=[N+]=[N-])cccc1C(=O)O. The molecule has 0 aliphatic carbocycles. The highest BCUT2D eigenvalue weighted by molar-refractivity contribution is 5.90. The van der Waals surface area contributed by atoms with Gasteiger partial charge in [0.25, 0.3) is 0 Å². The first-order chi connectivity index (χ1) is 8.16. The summed E-state index contributed by atoms with van der Waals surface area (Å²) in [5, 5.41) is 12.3. The first-order valence-electron chi connectivity index (χ1n) is 4.99. The number of rotatable bonds is 3. The van der Waals surface area contributed by atoms with E-state index in [-0.39, 0.29) is 5.56 Å². The fraction of sp³-hybridized carbons (Fsp3) is 0.250. The molecule has 0 bridgehead atoms. The average Bonchev–Trinajstić information content (AvgIpc) is 2.30. The van der Waals surface area contributed by atoms with Gasteiger partial charge < -0.3 is 5.11 Å². The third-order valence-corrected chi connectivity index (χ3v) is 2.19. The third-order valence-electron chi connectivity index (χ3n) is 2.19. The van der Waals surface area contributed by atoms with Crippen molar-refractivity contribution in [2.45, 2.75) is 13.3 Å². The molecular formula is C12H11N3O2. The summed E-state index contributed by atoms with van der Waals surface area (Å²) < 4.78 is 0. The molecule has 0 aliphatic heterocycles. The van der Waals surface area contributed by atoms with Gasteiger partial charge in [-0.15, -0.1) is 0 Å². The summed E-state index contributed by atoms with van der Waals surface area (Å²) in [6.07, 6.45) is 0.459. The van der Waals surface area contributed by atoms with Gasteiger partial charge in [-0.1, -0.05) is 23.0 Å². The molecule has 0 saturated carbocycles. The maximum absolute atomic E-state index is 10.9. The van der Waals surface area contributed by atoms with E-state index in [9.17, 15) is 4.79 Å². The molecule has 1 N–H and O–H groups in total. The Morgan fingerprint density at radius 1 is 1.59 bits per heavy atom. The molecule has 0 radical (unpaired) electrons. The van der Waals surface area contributed by atoms with Crippen LogP contribution in [0.2, 0.25) is 0 Å². The van der Waals surface area contributed by atoms with E-state index in [2.05, 4.69) is 21.9 Å². The minimum atomic E-state index is -0.958. The molecule has 86 valence electrons. The first-order valence-corrected chi connectivity index (χ1v) is 4.99. The Balaban J connectivity index is 2.88. The Labute approximate surface area is 98.7 Å². The van der Waals surface area contributed by atoms with Gasteiger partial charge in [0, 0.05) is 23.4 Å². The molecule has 1 aromatic carbocycles. The van der Waals surface area contributed by atoms with Crippen LogP contribution in [-0.2, 0) is 0 Å². The van der Waals surface area contributed by atoms with Crippen LogP contribution in [0.4, 0.5) is 0 Å². The van der Waals surface area contributed by atoms with Crippen LogP contribution in [0.25, 0.3) is 10.4 Å². The van der Waals surface area contributed by atoms with E-state index in [1.807, 2.05) is 0 Å². The fourth-order valence-electron chi connectivity index (χ4n) is 1.31. The van der Waals surface area contributed by atoms with E-state index in [1.165, 1.54) is 0 Å². The molecule has 0 saturated heterocycles. The Kier molecular flexibility index (Phi) is 4.61. The second-order valence-electron chi connectivity index (χ2n) is 3.29. The van der Waals surface area contributed by atoms with Crippen LogP contribution in [0.15, 0.2) is 23.3 Å². The quantitative estimate of drug-likeness (QED) is 0.284. The highest BCUT2D eigenvalue weighted by Crippen LogP contribution is 2.12. The number of hydrogen-bond acceptors (Lipinski definition) is 2. The van der Waals surface area contributed by atoms with Gasteiger partial charge in [-0.3, -0.25) is 0 Å². The van der Waals surface area contributed by atoms with Crippen LogP contribution in [0.1, 0.15) is 27.9 Å². The molecular weight excluding hydrogens is 218 g/mol. The van der Waals surface area contributed by atoms with Crippen molar-refractivity contribution < 1.29 is 9.90 Å². The van der Waals surface area contributed by atoms with Crippen LogP contribution < -0.4 is 0 Å². The molecule has 1 aromatic rings. The summed E-state index contributed by atoms with van der Waals surface area (Å²) in [6.45, 7) is 2.04. The van der Waals surface area contributed by atoms with E-state index in [1.54, 1.807) is 25.1 Å². The first kappa shape index (κ1) is 12.6. The minimum absolute atomic E-state index is 0.256. The fourth-order valence-corrected chi connectivity index (χ4v) is 1.31. The lowest BCUT2D eigenvalue weighted by molar-refractivity contribution is 0.0696. The Morgan fingerprint density at radius 3 is 3.00 bits per heavy atom. The van der Waals surface area contributed by atoms with E-state index >= 15 is 0 Å². The highest BCUT2D eigenvalue weighted by atomic mass is 16.4. The van der Waals surface area contributed by atoms with Crippen LogP contribution >= 0.6 is 0 Å². The zero-order chi connectivity index (χ0) is 12.7. The lowest BCUT2D eigenvalue weighted by atomic mass is 10.0. The van der Waals surface area contributed by atoms with Crippen molar-refractivity contribution in [3.8, 4) is 11.8 Å². The summed E-state index contributed by atoms with van der Waals surface area (Å²) in [6, 6.07) is 4.97. The molecule has 0 fully saturated rings. The predicted octanol–water partition coefficient (Wildman–Crippen LogP) is 2.75. The van der Waals surface area contributed by atoms with Crippen molar-refractivity contribution in [1.29, 1.82) is 0 Å².